The number of thiophene rings is 1. The van der Waals surface area contributed by atoms with Crippen LogP contribution >= 0.6 is 23.1 Å². The lowest BCUT2D eigenvalue weighted by Gasteiger charge is -2.26. The summed E-state index contributed by atoms with van der Waals surface area (Å²) in [6.45, 7) is 3.35. The standard InChI is InChI=1S/C17H27NS2/c1-2-18-17(13-7-5-3-4-6-8-13)16-11-14-12-19-10-9-15(14)20-16/h11,13,17-18H,2-10,12H2,1H3. The molecule has 2 heterocycles. The molecule has 2 aliphatic rings. The van der Waals surface area contributed by atoms with Crippen molar-refractivity contribution in [2.24, 2.45) is 5.92 Å². The first-order chi connectivity index (χ1) is 9.88. The molecule has 3 heteroatoms. The number of nitrogens with one attached hydrogen (secondary N) is 1. The zero-order chi connectivity index (χ0) is 13.8. The number of hydrogen-bond acceptors (Lipinski definition) is 3. The van der Waals surface area contributed by atoms with Gasteiger partial charge in [-0.3, -0.25) is 0 Å². The summed E-state index contributed by atoms with van der Waals surface area (Å²) in [7, 11) is 0. The van der Waals surface area contributed by atoms with Crippen LogP contribution in [0.1, 0.15) is 66.8 Å². The summed E-state index contributed by atoms with van der Waals surface area (Å²) in [5, 5.41) is 3.81. The maximum absolute atomic E-state index is 3.81. The Kier molecular flexibility index (Phi) is 5.47. The van der Waals surface area contributed by atoms with Gasteiger partial charge in [0, 0.05) is 21.5 Å². The normalized spacial score (nSPS) is 22.2. The minimum Gasteiger partial charge on any atom is -0.309 e. The zero-order valence-electron chi connectivity index (χ0n) is 12.6. The molecule has 0 spiro atoms. The van der Waals surface area contributed by atoms with Crippen molar-refractivity contribution in [3.8, 4) is 0 Å². The fourth-order valence-corrected chi connectivity index (χ4v) is 6.23. The van der Waals surface area contributed by atoms with E-state index >= 15 is 0 Å². The fraction of sp³-hybridized carbons (Fsp3) is 0.765. The lowest BCUT2D eigenvalue weighted by molar-refractivity contribution is 0.334. The first-order valence-electron chi connectivity index (χ1n) is 8.31. The van der Waals surface area contributed by atoms with Crippen LogP contribution in [0.3, 0.4) is 0 Å². The van der Waals surface area contributed by atoms with Crippen molar-refractivity contribution >= 4 is 23.1 Å². The van der Waals surface area contributed by atoms with E-state index in [1.807, 2.05) is 0 Å². The molecule has 0 amide bonds. The topological polar surface area (TPSA) is 12.0 Å². The van der Waals surface area contributed by atoms with Crippen LogP contribution in [0.15, 0.2) is 6.07 Å². The van der Waals surface area contributed by atoms with Gasteiger partial charge < -0.3 is 5.32 Å². The summed E-state index contributed by atoms with van der Waals surface area (Å²) >= 11 is 4.21. The average Bonchev–Trinajstić information content (AvgIpc) is 2.71. The number of aryl methyl sites for hydroxylation is 1. The van der Waals surface area contributed by atoms with Crippen molar-refractivity contribution in [3.05, 3.63) is 21.4 Å². The molecule has 1 nitrogen and oxygen atoms in total. The van der Waals surface area contributed by atoms with E-state index in [0.29, 0.717) is 6.04 Å². The Hall–Kier alpha value is 0.01000. The zero-order valence-corrected chi connectivity index (χ0v) is 14.3. The number of fused-ring (bicyclic) bond motifs is 1. The maximum atomic E-state index is 3.81. The second-order valence-electron chi connectivity index (χ2n) is 6.19. The summed E-state index contributed by atoms with van der Waals surface area (Å²) < 4.78 is 0. The molecule has 1 aromatic heterocycles. The Morgan fingerprint density at radius 3 is 2.75 bits per heavy atom. The second-order valence-corrected chi connectivity index (χ2v) is 8.46. The van der Waals surface area contributed by atoms with Gasteiger partial charge in [0.25, 0.3) is 0 Å². The highest BCUT2D eigenvalue weighted by Crippen LogP contribution is 2.40. The van der Waals surface area contributed by atoms with E-state index in [2.05, 4.69) is 41.4 Å². The highest BCUT2D eigenvalue weighted by molar-refractivity contribution is 7.98. The lowest BCUT2D eigenvalue weighted by atomic mass is 9.90. The van der Waals surface area contributed by atoms with Crippen molar-refractivity contribution in [2.75, 3.05) is 12.3 Å². The van der Waals surface area contributed by atoms with E-state index in [-0.39, 0.29) is 0 Å². The summed E-state index contributed by atoms with van der Waals surface area (Å²) in [4.78, 5) is 3.31. The quantitative estimate of drug-likeness (QED) is 0.771. The van der Waals surface area contributed by atoms with Gasteiger partial charge in [0.2, 0.25) is 0 Å². The van der Waals surface area contributed by atoms with Gasteiger partial charge in [-0.25, -0.2) is 0 Å². The van der Waals surface area contributed by atoms with Crippen LogP contribution in [0.2, 0.25) is 0 Å². The molecule has 112 valence electrons. The molecular weight excluding hydrogens is 282 g/mol. The molecule has 1 aromatic rings. The third-order valence-corrected chi connectivity index (χ3v) is 7.08. The summed E-state index contributed by atoms with van der Waals surface area (Å²) in [6.07, 6.45) is 9.93. The number of hydrogen-bond donors (Lipinski definition) is 1. The third-order valence-electron chi connectivity index (χ3n) is 4.75. The molecule has 0 radical (unpaired) electrons. The van der Waals surface area contributed by atoms with Crippen molar-refractivity contribution in [2.45, 2.75) is 63.7 Å². The highest BCUT2D eigenvalue weighted by atomic mass is 32.2. The SMILES string of the molecule is CCNC(c1cc2c(s1)CCSC2)C1CCCCCC1. The van der Waals surface area contributed by atoms with Gasteiger partial charge in [-0.05, 0) is 49.1 Å². The first kappa shape index (κ1) is 14.9. The molecule has 1 unspecified atom stereocenters. The molecular formula is C17H27NS2. The number of rotatable bonds is 4. The summed E-state index contributed by atoms with van der Waals surface area (Å²) in [5.41, 5.74) is 1.64. The minimum atomic E-state index is 0.624. The van der Waals surface area contributed by atoms with Crippen molar-refractivity contribution in [1.29, 1.82) is 0 Å². The Morgan fingerprint density at radius 2 is 2.05 bits per heavy atom. The fourth-order valence-electron chi connectivity index (χ4n) is 3.69. The Morgan fingerprint density at radius 1 is 1.25 bits per heavy atom. The molecule has 1 aliphatic carbocycles. The highest BCUT2D eigenvalue weighted by Gasteiger charge is 2.26. The number of thioether (sulfide) groups is 1. The predicted octanol–water partition coefficient (Wildman–Crippen LogP) is 5.16. The molecule has 1 N–H and O–H groups in total. The van der Waals surface area contributed by atoms with Gasteiger partial charge in [-0.1, -0.05) is 32.6 Å². The van der Waals surface area contributed by atoms with Gasteiger partial charge in [0.1, 0.15) is 0 Å². The van der Waals surface area contributed by atoms with E-state index in [0.717, 1.165) is 12.5 Å². The van der Waals surface area contributed by atoms with Crippen LogP contribution in [0.4, 0.5) is 0 Å². The second kappa shape index (κ2) is 7.33. The largest absolute Gasteiger partial charge is 0.309 e. The maximum Gasteiger partial charge on any atom is 0.0443 e. The Bertz CT molecular complexity index is 395. The molecule has 1 aliphatic heterocycles. The molecule has 1 atom stereocenters. The van der Waals surface area contributed by atoms with Gasteiger partial charge in [0.15, 0.2) is 0 Å². The molecule has 1 saturated carbocycles. The monoisotopic (exact) mass is 309 g/mol. The molecule has 0 saturated heterocycles. The van der Waals surface area contributed by atoms with Gasteiger partial charge in [-0.2, -0.15) is 11.8 Å². The smallest absolute Gasteiger partial charge is 0.0443 e. The predicted molar refractivity (Wildman–Crippen MR) is 91.8 cm³/mol. The van der Waals surface area contributed by atoms with Crippen LogP contribution in [0.25, 0.3) is 0 Å². The molecule has 3 rings (SSSR count). The van der Waals surface area contributed by atoms with Crippen LogP contribution in [-0.4, -0.2) is 12.3 Å². The van der Waals surface area contributed by atoms with Gasteiger partial charge in [-0.15, -0.1) is 11.3 Å². The van der Waals surface area contributed by atoms with Gasteiger partial charge in [0.05, 0.1) is 0 Å². The molecule has 0 aromatic carbocycles. The molecule has 1 fully saturated rings. The van der Waals surface area contributed by atoms with E-state index < -0.39 is 0 Å². The van der Waals surface area contributed by atoms with Crippen LogP contribution in [0.5, 0.6) is 0 Å². The van der Waals surface area contributed by atoms with Crippen molar-refractivity contribution < 1.29 is 0 Å². The summed E-state index contributed by atoms with van der Waals surface area (Å²) in [5.74, 6) is 3.43. The lowest BCUT2D eigenvalue weighted by Crippen LogP contribution is -2.27. The van der Waals surface area contributed by atoms with Crippen LogP contribution in [0, 0.1) is 5.92 Å². The van der Waals surface area contributed by atoms with E-state index in [1.165, 1.54) is 56.5 Å². The average molecular weight is 310 g/mol. The molecule has 20 heavy (non-hydrogen) atoms. The van der Waals surface area contributed by atoms with E-state index in [1.54, 1.807) is 15.3 Å². The Labute approximate surface area is 131 Å². The molecule has 0 bridgehead atoms. The van der Waals surface area contributed by atoms with Crippen molar-refractivity contribution in [1.82, 2.24) is 5.32 Å². The van der Waals surface area contributed by atoms with Crippen molar-refractivity contribution in [3.63, 3.8) is 0 Å². The van der Waals surface area contributed by atoms with Gasteiger partial charge >= 0.3 is 0 Å². The Balaban J connectivity index is 1.79. The van der Waals surface area contributed by atoms with Crippen LogP contribution < -0.4 is 5.32 Å². The first-order valence-corrected chi connectivity index (χ1v) is 10.3. The van der Waals surface area contributed by atoms with E-state index in [4.69, 9.17) is 0 Å². The minimum absolute atomic E-state index is 0.624. The van der Waals surface area contributed by atoms with Crippen LogP contribution in [-0.2, 0) is 12.2 Å². The van der Waals surface area contributed by atoms with E-state index in [9.17, 15) is 0 Å². The third kappa shape index (κ3) is 3.42. The summed E-state index contributed by atoms with van der Waals surface area (Å²) in [6, 6.07) is 3.16.